The number of ketones is 1. The summed E-state index contributed by atoms with van der Waals surface area (Å²) in [6.45, 7) is 1.78. The maximum Gasteiger partial charge on any atom is 0.176 e. The number of hydrogen-bond acceptors (Lipinski definition) is 4. The zero-order valence-electron chi connectivity index (χ0n) is 12.7. The van der Waals surface area contributed by atoms with E-state index in [1.165, 1.54) is 30.0 Å². The number of hydrogen-bond donors (Lipinski definition) is 1. The van der Waals surface area contributed by atoms with E-state index in [0.29, 0.717) is 10.7 Å². The molecule has 0 aliphatic carbocycles. The molecule has 2 aromatic carbocycles. The van der Waals surface area contributed by atoms with Crippen LogP contribution in [0.3, 0.4) is 0 Å². The lowest BCUT2D eigenvalue weighted by molar-refractivity contribution is 0.0993. The van der Waals surface area contributed by atoms with Gasteiger partial charge in [-0.2, -0.15) is 0 Å². The van der Waals surface area contributed by atoms with Crippen molar-refractivity contribution in [3.8, 4) is 5.75 Å². The van der Waals surface area contributed by atoms with Crippen molar-refractivity contribution in [2.24, 2.45) is 0 Å². The summed E-state index contributed by atoms with van der Waals surface area (Å²) in [4.78, 5) is 20.0. The van der Waals surface area contributed by atoms with Crippen molar-refractivity contribution in [2.45, 2.75) is 17.3 Å². The van der Waals surface area contributed by atoms with E-state index in [1.807, 2.05) is 18.2 Å². The van der Waals surface area contributed by atoms with Crippen LogP contribution in [0.1, 0.15) is 17.3 Å². The molecule has 4 nitrogen and oxygen atoms in total. The molecule has 0 fully saturated rings. The third kappa shape index (κ3) is 3.37. The van der Waals surface area contributed by atoms with Gasteiger partial charge >= 0.3 is 0 Å². The van der Waals surface area contributed by atoms with E-state index in [0.717, 1.165) is 16.8 Å². The van der Waals surface area contributed by atoms with E-state index in [4.69, 9.17) is 4.74 Å². The molecular weight excluding hydrogens is 315 g/mol. The number of nitrogens with one attached hydrogen (secondary N) is 1. The van der Waals surface area contributed by atoms with Gasteiger partial charge in [0.2, 0.25) is 0 Å². The molecule has 0 aliphatic heterocycles. The Hall–Kier alpha value is -2.34. The van der Waals surface area contributed by atoms with Crippen LogP contribution in [0.4, 0.5) is 4.39 Å². The molecule has 0 aliphatic rings. The summed E-state index contributed by atoms with van der Waals surface area (Å²) in [5, 5.41) is 0.268. The van der Waals surface area contributed by atoms with Gasteiger partial charge in [0, 0.05) is 11.6 Å². The summed E-state index contributed by atoms with van der Waals surface area (Å²) in [6, 6.07) is 11.3. The summed E-state index contributed by atoms with van der Waals surface area (Å²) in [5.41, 5.74) is 2.01. The molecule has 0 spiro atoms. The van der Waals surface area contributed by atoms with E-state index in [2.05, 4.69) is 9.97 Å². The van der Waals surface area contributed by atoms with Gasteiger partial charge in [0.1, 0.15) is 11.6 Å². The van der Waals surface area contributed by atoms with Gasteiger partial charge in [-0.3, -0.25) is 4.79 Å². The predicted molar refractivity (Wildman–Crippen MR) is 88.7 cm³/mol. The first-order valence-electron chi connectivity index (χ1n) is 7.07. The van der Waals surface area contributed by atoms with Crippen molar-refractivity contribution >= 4 is 28.6 Å². The molecule has 3 aromatic rings. The minimum atomic E-state index is -0.413. The second kappa shape index (κ2) is 6.42. The van der Waals surface area contributed by atoms with E-state index in [1.54, 1.807) is 20.1 Å². The highest BCUT2D eigenvalue weighted by molar-refractivity contribution is 8.00. The minimum Gasteiger partial charge on any atom is -0.497 e. The number of H-pyrrole nitrogens is 1. The van der Waals surface area contributed by atoms with Crippen LogP contribution < -0.4 is 4.74 Å². The SMILES string of the molecule is COc1ccc2nc(SC(C)C(=O)c3cccc(F)c3)[nH]c2c1. The lowest BCUT2D eigenvalue weighted by Crippen LogP contribution is -2.13. The first-order chi connectivity index (χ1) is 11.1. The van der Waals surface area contributed by atoms with Gasteiger partial charge in [0.15, 0.2) is 10.9 Å². The second-order valence-corrected chi connectivity index (χ2v) is 6.39. The largest absolute Gasteiger partial charge is 0.497 e. The normalized spacial score (nSPS) is 12.3. The van der Waals surface area contributed by atoms with Gasteiger partial charge in [0.25, 0.3) is 0 Å². The fraction of sp³-hybridized carbons (Fsp3) is 0.176. The van der Waals surface area contributed by atoms with Crippen molar-refractivity contribution in [3.05, 3.63) is 53.8 Å². The topological polar surface area (TPSA) is 55.0 Å². The van der Waals surface area contributed by atoms with Crippen LogP contribution >= 0.6 is 11.8 Å². The monoisotopic (exact) mass is 330 g/mol. The number of rotatable bonds is 5. The Morgan fingerprint density at radius 2 is 2.13 bits per heavy atom. The fourth-order valence-electron chi connectivity index (χ4n) is 2.25. The number of aromatic amines is 1. The molecule has 0 bridgehead atoms. The van der Waals surface area contributed by atoms with Crippen LogP contribution in [0.2, 0.25) is 0 Å². The van der Waals surface area contributed by atoms with Crippen molar-refractivity contribution < 1.29 is 13.9 Å². The highest BCUT2D eigenvalue weighted by atomic mass is 32.2. The third-order valence-corrected chi connectivity index (χ3v) is 4.42. The molecule has 1 aromatic heterocycles. The van der Waals surface area contributed by atoms with E-state index in [-0.39, 0.29) is 11.0 Å². The van der Waals surface area contributed by atoms with Crippen LogP contribution in [0.25, 0.3) is 11.0 Å². The van der Waals surface area contributed by atoms with Crippen molar-refractivity contribution in [1.29, 1.82) is 0 Å². The van der Waals surface area contributed by atoms with Crippen LogP contribution in [0.5, 0.6) is 5.75 Å². The second-order valence-electron chi connectivity index (χ2n) is 5.06. The van der Waals surface area contributed by atoms with Crippen LogP contribution in [-0.4, -0.2) is 28.1 Å². The number of nitrogens with zero attached hydrogens (tertiary/aromatic N) is 1. The molecule has 0 saturated heterocycles. The third-order valence-electron chi connectivity index (χ3n) is 3.43. The van der Waals surface area contributed by atoms with Gasteiger partial charge in [-0.1, -0.05) is 23.9 Å². The average Bonchev–Trinajstić information content (AvgIpc) is 2.95. The number of methoxy groups -OCH3 is 1. The summed E-state index contributed by atoms with van der Waals surface area (Å²) in [5.74, 6) is 0.193. The number of imidazole rings is 1. The van der Waals surface area contributed by atoms with E-state index < -0.39 is 5.82 Å². The lowest BCUT2D eigenvalue weighted by atomic mass is 10.1. The Morgan fingerprint density at radius 3 is 2.87 bits per heavy atom. The van der Waals surface area contributed by atoms with Crippen LogP contribution in [0, 0.1) is 5.82 Å². The first-order valence-corrected chi connectivity index (χ1v) is 7.95. The number of aromatic nitrogens is 2. The fourth-order valence-corrected chi connectivity index (χ4v) is 3.14. The first kappa shape index (κ1) is 15.6. The Balaban J connectivity index is 1.79. The number of carbonyl (C=O) groups is 1. The molecule has 0 saturated carbocycles. The predicted octanol–water partition coefficient (Wildman–Crippen LogP) is 4.07. The molecule has 1 heterocycles. The Labute approximate surface area is 137 Å². The molecule has 118 valence electrons. The summed E-state index contributed by atoms with van der Waals surface area (Å²) in [7, 11) is 1.60. The van der Waals surface area contributed by atoms with Crippen molar-refractivity contribution in [2.75, 3.05) is 7.11 Å². The number of Topliss-reactive ketones (excluding diaryl/α,β-unsaturated/α-hetero) is 1. The van der Waals surface area contributed by atoms with E-state index in [9.17, 15) is 9.18 Å². The zero-order valence-corrected chi connectivity index (χ0v) is 13.5. The maximum absolute atomic E-state index is 13.2. The quantitative estimate of drug-likeness (QED) is 0.566. The van der Waals surface area contributed by atoms with Gasteiger partial charge in [-0.15, -0.1) is 0 Å². The van der Waals surface area contributed by atoms with Gasteiger partial charge in [-0.05, 0) is 31.2 Å². The molecule has 3 rings (SSSR count). The number of ether oxygens (including phenoxy) is 1. The van der Waals surface area contributed by atoms with Crippen molar-refractivity contribution in [1.82, 2.24) is 9.97 Å². The molecule has 1 atom stereocenters. The minimum absolute atomic E-state index is 0.132. The van der Waals surface area contributed by atoms with Gasteiger partial charge in [0.05, 0.1) is 23.4 Å². The number of fused-ring (bicyclic) bond motifs is 1. The summed E-state index contributed by atoms with van der Waals surface area (Å²) >= 11 is 1.31. The average molecular weight is 330 g/mol. The Kier molecular flexibility index (Phi) is 4.34. The Bertz CT molecular complexity index is 863. The molecule has 1 unspecified atom stereocenters. The number of carbonyl (C=O) groups excluding carboxylic acids is 1. The van der Waals surface area contributed by atoms with Crippen LogP contribution in [0.15, 0.2) is 47.6 Å². The maximum atomic E-state index is 13.2. The lowest BCUT2D eigenvalue weighted by Gasteiger charge is -2.08. The molecular formula is C17H15FN2O2S. The van der Waals surface area contributed by atoms with Crippen molar-refractivity contribution in [3.63, 3.8) is 0 Å². The van der Waals surface area contributed by atoms with Gasteiger partial charge < -0.3 is 9.72 Å². The molecule has 0 amide bonds. The number of benzene rings is 2. The highest BCUT2D eigenvalue weighted by Crippen LogP contribution is 2.27. The molecule has 0 radical (unpaired) electrons. The highest BCUT2D eigenvalue weighted by Gasteiger charge is 2.18. The molecule has 23 heavy (non-hydrogen) atoms. The number of halogens is 1. The smallest absolute Gasteiger partial charge is 0.176 e. The molecule has 1 N–H and O–H groups in total. The van der Waals surface area contributed by atoms with E-state index >= 15 is 0 Å². The molecule has 6 heteroatoms. The Morgan fingerprint density at radius 1 is 1.30 bits per heavy atom. The summed E-state index contributed by atoms with van der Waals surface area (Å²) < 4.78 is 18.4. The standard InChI is InChI=1S/C17H15FN2O2S/c1-10(16(21)11-4-3-5-12(18)8-11)23-17-19-14-7-6-13(22-2)9-15(14)20-17/h3-10H,1-2H3,(H,19,20). The zero-order chi connectivity index (χ0) is 16.4. The van der Waals surface area contributed by atoms with Crippen LogP contribution in [-0.2, 0) is 0 Å². The van der Waals surface area contributed by atoms with Gasteiger partial charge in [-0.25, -0.2) is 9.37 Å². The summed E-state index contributed by atoms with van der Waals surface area (Å²) in [6.07, 6.45) is 0. The number of thioether (sulfide) groups is 1.